The normalized spacial score (nSPS) is 19.5. The standard InChI is InChI=1S/C13H19N3S2/c1-8(2)9-4-5-16(7-9)13-12(17-3)11(15)10(6-14)18-13/h8-9H,4-5,7,15H2,1-3H3. The molecule has 98 valence electrons. The summed E-state index contributed by atoms with van der Waals surface area (Å²) in [6.07, 6.45) is 3.27. The van der Waals surface area contributed by atoms with Gasteiger partial charge in [-0.2, -0.15) is 5.26 Å². The van der Waals surface area contributed by atoms with Crippen LogP contribution in [-0.4, -0.2) is 19.3 Å². The van der Waals surface area contributed by atoms with Gasteiger partial charge in [-0.05, 0) is 24.5 Å². The highest BCUT2D eigenvalue weighted by Gasteiger charge is 2.29. The largest absolute Gasteiger partial charge is 0.396 e. The summed E-state index contributed by atoms with van der Waals surface area (Å²) in [6.45, 7) is 6.75. The molecular formula is C13H19N3S2. The van der Waals surface area contributed by atoms with E-state index in [1.165, 1.54) is 11.4 Å². The summed E-state index contributed by atoms with van der Waals surface area (Å²) in [7, 11) is 0. The minimum atomic E-state index is 0.655. The Labute approximate surface area is 117 Å². The first-order chi connectivity index (χ1) is 8.58. The molecule has 18 heavy (non-hydrogen) atoms. The summed E-state index contributed by atoms with van der Waals surface area (Å²) in [5.41, 5.74) is 6.69. The fraction of sp³-hybridized carbons (Fsp3) is 0.615. The molecule has 0 spiro atoms. The summed E-state index contributed by atoms with van der Waals surface area (Å²) in [5, 5.41) is 10.3. The first-order valence-corrected chi connectivity index (χ1v) is 8.23. The molecule has 3 nitrogen and oxygen atoms in total. The Morgan fingerprint density at radius 1 is 1.56 bits per heavy atom. The quantitative estimate of drug-likeness (QED) is 0.863. The van der Waals surface area contributed by atoms with Crippen LogP contribution in [0.4, 0.5) is 10.7 Å². The van der Waals surface area contributed by atoms with E-state index in [0.29, 0.717) is 10.6 Å². The number of nitrogens with two attached hydrogens (primary N) is 1. The Morgan fingerprint density at radius 3 is 2.78 bits per heavy atom. The number of thiophene rings is 1. The highest BCUT2D eigenvalue weighted by Crippen LogP contribution is 2.45. The van der Waals surface area contributed by atoms with Gasteiger partial charge in [-0.15, -0.1) is 23.1 Å². The molecule has 1 fully saturated rings. The molecule has 0 amide bonds. The highest BCUT2D eigenvalue weighted by atomic mass is 32.2. The number of thioether (sulfide) groups is 1. The van der Waals surface area contributed by atoms with Crippen LogP contribution < -0.4 is 10.6 Å². The molecule has 0 saturated carbocycles. The minimum Gasteiger partial charge on any atom is -0.396 e. The van der Waals surface area contributed by atoms with Crippen molar-refractivity contribution in [3.05, 3.63) is 4.88 Å². The molecule has 0 aliphatic carbocycles. The van der Waals surface area contributed by atoms with E-state index in [4.69, 9.17) is 11.0 Å². The average Bonchev–Trinajstić information content (AvgIpc) is 2.93. The van der Waals surface area contributed by atoms with Crippen LogP contribution in [0.1, 0.15) is 25.1 Å². The van der Waals surface area contributed by atoms with Crippen molar-refractivity contribution in [1.82, 2.24) is 0 Å². The third-order valence-electron chi connectivity index (χ3n) is 3.64. The number of nitrogen functional groups attached to an aromatic ring is 1. The van der Waals surface area contributed by atoms with Gasteiger partial charge in [0.15, 0.2) is 0 Å². The van der Waals surface area contributed by atoms with Crippen molar-refractivity contribution < 1.29 is 0 Å². The first kappa shape index (κ1) is 13.6. The van der Waals surface area contributed by atoms with E-state index < -0.39 is 0 Å². The van der Waals surface area contributed by atoms with E-state index in [2.05, 4.69) is 24.8 Å². The van der Waals surface area contributed by atoms with Crippen LogP contribution in [0.15, 0.2) is 4.90 Å². The predicted octanol–water partition coefficient (Wildman–Crippen LogP) is 3.41. The molecule has 0 bridgehead atoms. The Kier molecular flexibility index (Phi) is 4.08. The average molecular weight is 281 g/mol. The fourth-order valence-electron chi connectivity index (χ4n) is 2.42. The Morgan fingerprint density at radius 2 is 2.28 bits per heavy atom. The van der Waals surface area contributed by atoms with Crippen molar-refractivity contribution in [3.63, 3.8) is 0 Å². The van der Waals surface area contributed by atoms with Gasteiger partial charge in [-0.3, -0.25) is 0 Å². The minimum absolute atomic E-state index is 0.655. The van der Waals surface area contributed by atoms with Crippen LogP contribution in [0.25, 0.3) is 0 Å². The smallest absolute Gasteiger partial charge is 0.131 e. The summed E-state index contributed by atoms with van der Waals surface area (Å²) in [4.78, 5) is 4.14. The third kappa shape index (κ3) is 2.32. The second-order valence-corrected chi connectivity index (χ2v) is 6.85. The second kappa shape index (κ2) is 5.41. The molecule has 1 atom stereocenters. The van der Waals surface area contributed by atoms with E-state index in [9.17, 15) is 0 Å². The Bertz CT molecular complexity index is 473. The summed E-state index contributed by atoms with van der Waals surface area (Å²) in [5.74, 6) is 1.48. The van der Waals surface area contributed by atoms with Gasteiger partial charge in [0.05, 0.1) is 10.6 Å². The molecule has 1 aromatic rings. The van der Waals surface area contributed by atoms with Crippen molar-refractivity contribution in [2.75, 3.05) is 30.0 Å². The molecule has 1 aliphatic rings. The van der Waals surface area contributed by atoms with Gasteiger partial charge < -0.3 is 10.6 Å². The van der Waals surface area contributed by atoms with Crippen LogP contribution in [0.5, 0.6) is 0 Å². The monoisotopic (exact) mass is 281 g/mol. The number of nitrogens with zero attached hydrogens (tertiary/aromatic N) is 2. The van der Waals surface area contributed by atoms with Gasteiger partial charge in [-0.1, -0.05) is 13.8 Å². The van der Waals surface area contributed by atoms with Crippen LogP contribution in [-0.2, 0) is 0 Å². The number of rotatable bonds is 3. The molecule has 5 heteroatoms. The number of nitriles is 1. The van der Waals surface area contributed by atoms with Crippen LogP contribution in [0.3, 0.4) is 0 Å². The number of hydrogen-bond donors (Lipinski definition) is 1. The lowest BCUT2D eigenvalue weighted by Gasteiger charge is -2.19. The predicted molar refractivity (Wildman–Crippen MR) is 80.4 cm³/mol. The molecule has 2 N–H and O–H groups in total. The maximum atomic E-state index is 9.09. The lowest BCUT2D eigenvalue weighted by atomic mass is 9.95. The van der Waals surface area contributed by atoms with Gasteiger partial charge in [0.2, 0.25) is 0 Å². The summed E-state index contributed by atoms with van der Waals surface area (Å²) >= 11 is 3.19. The van der Waals surface area contributed by atoms with Gasteiger partial charge in [0.25, 0.3) is 0 Å². The molecule has 1 aliphatic heterocycles. The van der Waals surface area contributed by atoms with Crippen LogP contribution >= 0.6 is 23.1 Å². The van der Waals surface area contributed by atoms with Crippen LogP contribution in [0, 0.1) is 23.2 Å². The Balaban J connectivity index is 2.27. The molecule has 1 aromatic heterocycles. The zero-order chi connectivity index (χ0) is 13.3. The molecular weight excluding hydrogens is 262 g/mol. The van der Waals surface area contributed by atoms with Crippen LogP contribution in [0.2, 0.25) is 0 Å². The molecule has 1 unspecified atom stereocenters. The SMILES string of the molecule is CSc1c(N2CCC(C(C)C)C2)sc(C#N)c1N. The Hall–Kier alpha value is -0.860. The summed E-state index contributed by atoms with van der Waals surface area (Å²) < 4.78 is 0. The van der Waals surface area contributed by atoms with E-state index in [-0.39, 0.29) is 0 Å². The molecule has 2 heterocycles. The van der Waals surface area contributed by atoms with Crippen molar-refractivity contribution in [2.45, 2.75) is 25.2 Å². The lowest BCUT2D eigenvalue weighted by Crippen LogP contribution is -2.20. The molecule has 2 rings (SSSR count). The van der Waals surface area contributed by atoms with E-state index in [1.54, 1.807) is 23.1 Å². The lowest BCUT2D eigenvalue weighted by molar-refractivity contribution is 0.423. The van der Waals surface area contributed by atoms with Crippen molar-refractivity contribution in [3.8, 4) is 6.07 Å². The molecule has 0 radical (unpaired) electrons. The van der Waals surface area contributed by atoms with Crippen molar-refractivity contribution >= 4 is 33.8 Å². The third-order valence-corrected chi connectivity index (χ3v) is 5.76. The summed E-state index contributed by atoms with van der Waals surface area (Å²) in [6, 6.07) is 2.20. The van der Waals surface area contributed by atoms with E-state index >= 15 is 0 Å². The maximum Gasteiger partial charge on any atom is 0.131 e. The maximum absolute atomic E-state index is 9.09. The molecule has 1 saturated heterocycles. The number of anilines is 2. The topological polar surface area (TPSA) is 53.0 Å². The fourth-order valence-corrected chi connectivity index (χ4v) is 4.43. The highest BCUT2D eigenvalue weighted by molar-refractivity contribution is 7.99. The van der Waals surface area contributed by atoms with E-state index in [1.807, 2.05) is 6.26 Å². The zero-order valence-electron chi connectivity index (χ0n) is 11.1. The number of hydrogen-bond acceptors (Lipinski definition) is 5. The second-order valence-electron chi connectivity index (χ2n) is 5.03. The van der Waals surface area contributed by atoms with E-state index in [0.717, 1.165) is 29.8 Å². The van der Waals surface area contributed by atoms with Crippen molar-refractivity contribution in [2.24, 2.45) is 11.8 Å². The van der Waals surface area contributed by atoms with Crippen molar-refractivity contribution in [1.29, 1.82) is 5.26 Å². The zero-order valence-corrected chi connectivity index (χ0v) is 12.7. The van der Waals surface area contributed by atoms with Gasteiger partial charge in [0.1, 0.15) is 15.9 Å². The van der Waals surface area contributed by atoms with Gasteiger partial charge in [-0.25, -0.2) is 0 Å². The van der Waals surface area contributed by atoms with Gasteiger partial charge in [0, 0.05) is 13.1 Å². The van der Waals surface area contributed by atoms with Gasteiger partial charge >= 0.3 is 0 Å². The molecule has 0 aromatic carbocycles. The first-order valence-electron chi connectivity index (χ1n) is 6.19.